The van der Waals surface area contributed by atoms with Crippen LogP contribution in [0.3, 0.4) is 0 Å². The Bertz CT molecular complexity index is 427. The number of aromatic nitrogens is 1. The molecule has 17 heavy (non-hydrogen) atoms. The molecule has 0 aliphatic carbocycles. The highest BCUT2D eigenvalue weighted by Crippen LogP contribution is 2.18. The van der Waals surface area contributed by atoms with Gasteiger partial charge < -0.3 is 0 Å². The van der Waals surface area contributed by atoms with Gasteiger partial charge in [0.1, 0.15) is 0 Å². The summed E-state index contributed by atoms with van der Waals surface area (Å²) >= 11 is 0. The monoisotopic (exact) mass is 229 g/mol. The molecule has 92 valence electrons. The number of aryl methyl sites for hydroxylation is 1. The Balaban J connectivity index is 2.79. The molecule has 1 aromatic heterocycles. The van der Waals surface area contributed by atoms with Gasteiger partial charge in [0.15, 0.2) is 0 Å². The van der Waals surface area contributed by atoms with E-state index in [1.165, 1.54) is 22.3 Å². The fourth-order valence-electron chi connectivity index (χ4n) is 1.65. The van der Waals surface area contributed by atoms with E-state index in [1.54, 1.807) is 0 Å². The van der Waals surface area contributed by atoms with Gasteiger partial charge in [0.25, 0.3) is 0 Å². The summed E-state index contributed by atoms with van der Waals surface area (Å²) in [4.78, 5) is 4.24. The Labute approximate surface area is 105 Å². The van der Waals surface area contributed by atoms with Crippen molar-refractivity contribution in [1.82, 2.24) is 4.98 Å². The Morgan fingerprint density at radius 2 is 2.06 bits per heavy atom. The average Bonchev–Trinajstić information content (AvgIpc) is 2.34. The summed E-state index contributed by atoms with van der Waals surface area (Å²) in [6, 6.07) is 2.20. The second kappa shape index (κ2) is 6.39. The third kappa shape index (κ3) is 4.18. The minimum Gasteiger partial charge on any atom is -0.264 e. The summed E-state index contributed by atoms with van der Waals surface area (Å²) in [5, 5.41) is 0. The molecule has 1 heteroatoms. The number of allylic oxidation sites excluding steroid dienone is 4. The number of hydrogen-bond acceptors (Lipinski definition) is 1. The van der Waals surface area contributed by atoms with Crippen LogP contribution in [0.1, 0.15) is 51.2 Å². The zero-order valence-electron chi connectivity index (χ0n) is 11.6. The highest BCUT2D eigenvalue weighted by atomic mass is 14.6. The van der Waals surface area contributed by atoms with E-state index in [0.717, 1.165) is 6.42 Å². The van der Waals surface area contributed by atoms with Crippen LogP contribution in [0.15, 0.2) is 41.8 Å². The van der Waals surface area contributed by atoms with Gasteiger partial charge in [-0.25, -0.2) is 0 Å². The van der Waals surface area contributed by atoms with Gasteiger partial charge >= 0.3 is 0 Å². The highest BCUT2D eigenvalue weighted by molar-refractivity contribution is 5.28. The van der Waals surface area contributed by atoms with Crippen molar-refractivity contribution in [3.05, 3.63) is 52.9 Å². The van der Waals surface area contributed by atoms with Crippen LogP contribution in [0.2, 0.25) is 0 Å². The van der Waals surface area contributed by atoms with Crippen molar-refractivity contribution in [3.63, 3.8) is 0 Å². The van der Waals surface area contributed by atoms with E-state index < -0.39 is 0 Å². The first-order chi connectivity index (χ1) is 8.04. The Kier molecular flexibility index (Phi) is 5.14. The molecule has 1 heterocycles. The molecular weight excluding hydrogens is 206 g/mol. The third-order valence-corrected chi connectivity index (χ3v) is 3.26. The summed E-state index contributed by atoms with van der Waals surface area (Å²) in [6.45, 7) is 10.9. The second-order valence-electron chi connectivity index (χ2n) is 4.76. The highest BCUT2D eigenvalue weighted by Gasteiger charge is 2.01. The van der Waals surface area contributed by atoms with E-state index in [2.05, 4.69) is 57.8 Å². The molecule has 0 aliphatic heterocycles. The van der Waals surface area contributed by atoms with Crippen LogP contribution in [0.4, 0.5) is 0 Å². The van der Waals surface area contributed by atoms with E-state index in [0.29, 0.717) is 5.92 Å². The Hall–Kier alpha value is -1.37. The summed E-state index contributed by atoms with van der Waals surface area (Å²) in [5.74, 6) is 0.419. The number of rotatable bonds is 4. The number of nitrogens with zero attached hydrogens (tertiary/aromatic N) is 1. The minimum atomic E-state index is 0.419. The maximum Gasteiger partial charge on any atom is 0.0305 e. The lowest BCUT2D eigenvalue weighted by Crippen LogP contribution is -1.91. The average molecular weight is 229 g/mol. The quantitative estimate of drug-likeness (QED) is 0.676. The van der Waals surface area contributed by atoms with E-state index in [4.69, 9.17) is 0 Å². The minimum absolute atomic E-state index is 0.419. The SMILES string of the molecule is CC/C(C)=C(C)\C=C/C(C)c1cncc(C)c1. The zero-order valence-corrected chi connectivity index (χ0v) is 11.6. The maximum absolute atomic E-state index is 4.24. The Morgan fingerprint density at radius 1 is 1.35 bits per heavy atom. The van der Waals surface area contributed by atoms with Crippen molar-refractivity contribution < 1.29 is 0 Å². The van der Waals surface area contributed by atoms with Gasteiger partial charge in [0.05, 0.1) is 0 Å². The van der Waals surface area contributed by atoms with E-state index >= 15 is 0 Å². The molecule has 0 fully saturated rings. The molecule has 0 spiro atoms. The lowest BCUT2D eigenvalue weighted by Gasteiger charge is -2.07. The summed E-state index contributed by atoms with van der Waals surface area (Å²) < 4.78 is 0. The number of pyridine rings is 1. The molecule has 1 unspecified atom stereocenters. The fraction of sp³-hybridized carbons (Fsp3) is 0.438. The van der Waals surface area contributed by atoms with Gasteiger partial charge in [0.2, 0.25) is 0 Å². The molecule has 0 radical (unpaired) electrons. The van der Waals surface area contributed by atoms with Crippen molar-refractivity contribution in [2.75, 3.05) is 0 Å². The molecule has 0 aliphatic rings. The number of hydrogen-bond donors (Lipinski definition) is 0. The molecule has 0 amide bonds. The van der Waals surface area contributed by atoms with Gasteiger partial charge in [-0.3, -0.25) is 4.98 Å². The topological polar surface area (TPSA) is 12.9 Å². The molecule has 0 saturated heterocycles. The van der Waals surface area contributed by atoms with Crippen LogP contribution < -0.4 is 0 Å². The molecule has 0 N–H and O–H groups in total. The van der Waals surface area contributed by atoms with Crippen LogP contribution in [0.5, 0.6) is 0 Å². The first kappa shape index (κ1) is 13.7. The van der Waals surface area contributed by atoms with Crippen LogP contribution in [-0.4, -0.2) is 4.98 Å². The summed E-state index contributed by atoms with van der Waals surface area (Å²) in [7, 11) is 0. The molecular formula is C16H23N. The smallest absolute Gasteiger partial charge is 0.0305 e. The van der Waals surface area contributed by atoms with E-state index in [1.807, 2.05) is 12.4 Å². The van der Waals surface area contributed by atoms with Crippen molar-refractivity contribution in [3.8, 4) is 0 Å². The van der Waals surface area contributed by atoms with Crippen molar-refractivity contribution in [2.45, 2.75) is 47.0 Å². The van der Waals surface area contributed by atoms with Crippen molar-refractivity contribution in [2.24, 2.45) is 0 Å². The maximum atomic E-state index is 4.24. The predicted molar refractivity (Wildman–Crippen MR) is 75.2 cm³/mol. The summed E-state index contributed by atoms with van der Waals surface area (Å²) in [5.41, 5.74) is 5.33. The first-order valence-corrected chi connectivity index (χ1v) is 6.30. The molecule has 1 rings (SSSR count). The second-order valence-corrected chi connectivity index (χ2v) is 4.76. The molecule has 0 bridgehead atoms. The lowest BCUT2D eigenvalue weighted by molar-refractivity contribution is 0.945. The fourth-order valence-corrected chi connectivity index (χ4v) is 1.65. The predicted octanol–water partition coefficient (Wildman–Crippen LogP) is 4.80. The molecule has 0 saturated carbocycles. The molecule has 1 nitrogen and oxygen atoms in total. The third-order valence-electron chi connectivity index (χ3n) is 3.26. The van der Waals surface area contributed by atoms with Crippen molar-refractivity contribution in [1.29, 1.82) is 0 Å². The van der Waals surface area contributed by atoms with Gasteiger partial charge in [-0.05, 0) is 38.3 Å². The summed E-state index contributed by atoms with van der Waals surface area (Å²) in [6.07, 6.45) is 9.45. The van der Waals surface area contributed by atoms with Crippen LogP contribution in [0.25, 0.3) is 0 Å². The zero-order chi connectivity index (χ0) is 12.8. The standard InChI is InChI=1S/C16H23N/c1-6-13(3)14(4)7-8-15(5)16-9-12(2)10-17-11-16/h7-11,15H,6H2,1-5H3/b8-7-,14-13-. The van der Waals surface area contributed by atoms with Gasteiger partial charge in [-0.2, -0.15) is 0 Å². The van der Waals surface area contributed by atoms with Crippen LogP contribution in [0, 0.1) is 6.92 Å². The first-order valence-electron chi connectivity index (χ1n) is 6.30. The van der Waals surface area contributed by atoms with Gasteiger partial charge in [-0.1, -0.05) is 43.2 Å². The molecule has 0 aromatic carbocycles. The van der Waals surface area contributed by atoms with Crippen LogP contribution >= 0.6 is 0 Å². The Morgan fingerprint density at radius 3 is 2.65 bits per heavy atom. The van der Waals surface area contributed by atoms with Gasteiger partial charge in [0, 0.05) is 18.3 Å². The van der Waals surface area contributed by atoms with E-state index in [9.17, 15) is 0 Å². The molecule has 1 atom stereocenters. The van der Waals surface area contributed by atoms with E-state index in [-0.39, 0.29) is 0 Å². The van der Waals surface area contributed by atoms with Gasteiger partial charge in [-0.15, -0.1) is 0 Å². The normalized spacial score (nSPS) is 14.9. The van der Waals surface area contributed by atoms with Crippen molar-refractivity contribution >= 4 is 0 Å². The largest absolute Gasteiger partial charge is 0.264 e. The lowest BCUT2D eigenvalue weighted by atomic mass is 9.99. The molecule has 1 aromatic rings. The van der Waals surface area contributed by atoms with Crippen LogP contribution in [-0.2, 0) is 0 Å².